The van der Waals surface area contributed by atoms with Gasteiger partial charge in [0.1, 0.15) is 11.6 Å². The Morgan fingerprint density at radius 2 is 2.50 bits per heavy atom. The zero-order valence-corrected chi connectivity index (χ0v) is 10.0. The molecule has 0 aliphatic rings. The zero-order valence-electron chi connectivity index (χ0n) is 9.19. The van der Waals surface area contributed by atoms with Gasteiger partial charge in [-0.1, -0.05) is 13.3 Å². The molecule has 0 unspecified atom stereocenters. The van der Waals surface area contributed by atoms with E-state index >= 15 is 0 Å². The Morgan fingerprint density at radius 3 is 3.06 bits per heavy atom. The standard InChI is InChI=1S/C12H14N2OS/c1-2-3-5-14-12(15)11(8-13)7-10-4-6-16-9-10/h4,6-7,9H,2-3,5H2,1H3,(H,14,15)/b11-7+. The fourth-order valence-corrected chi connectivity index (χ4v) is 1.76. The van der Waals surface area contributed by atoms with Crippen molar-refractivity contribution in [3.05, 3.63) is 28.0 Å². The molecule has 0 saturated heterocycles. The molecule has 1 heterocycles. The van der Waals surface area contributed by atoms with Crippen molar-refractivity contribution in [1.82, 2.24) is 5.32 Å². The second-order valence-corrected chi connectivity index (χ2v) is 4.12. The maximum Gasteiger partial charge on any atom is 0.261 e. The predicted molar refractivity (Wildman–Crippen MR) is 65.8 cm³/mol. The monoisotopic (exact) mass is 234 g/mol. The van der Waals surface area contributed by atoms with E-state index < -0.39 is 0 Å². The molecule has 0 spiro atoms. The van der Waals surface area contributed by atoms with E-state index in [4.69, 9.17) is 5.26 Å². The third kappa shape index (κ3) is 3.87. The number of carbonyl (C=O) groups is 1. The first-order chi connectivity index (χ1) is 7.77. The highest BCUT2D eigenvalue weighted by atomic mass is 32.1. The van der Waals surface area contributed by atoms with Crippen molar-refractivity contribution < 1.29 is 4.79 Å². The van der Waals surface area contributed by atoms with Crippen molar-refractivity contribution >= 4 is 23.3 Å². The van der Waals surface area contributed by atoms with Gasteiger partial charge < -0.3 is 5.32 Å². The molecule has 84 valence electrons. The molecule has 3 nitrogen and oxygen atoms in total. The Hall–Kier alpha value is -1.60. The van der Waals surface area contributed by atoms with Gasteiger partial charge in [0, 0.05) is 6.54 Å². The molecule has 1 aromatic heterocycles. The Balaban J connectivity index is 2.61. The SMILES string of the molecule is CCCCNC(=O)/C(C#N)=C/c1ccsc1. The van der Waals surface area contributed by atoms with Crippen LogP contribution in [0.2, 0.25) is 0 Å². The smallest absolute Gasteiger partial charge is 0.261 e. The summed E-state index contributed by atoms with van der Waals surface area (Å²) in [5.41, 5.74) is 1.06. The van der Waals surface area contributed by atoms with Crippen LogP contribution < -0.4 is 5.32 Å². The van der Waals surface area contributed by atoms with Gasteiger partial charge in [-0.15, -0.1) is 0 Å². The number of nitrogens with one attached hydrogen (secondary N) is 1. The molecule has 4 heteroatoms. The van der Waals surface area contributed by atoms with Crippen LogP contribution in [0.15, 0.2) is 22.4 Å². The average molecular weight is 234 g/mol. The molecule has 1 aromatic rings. The van der Waals surface area contributed by atoms with E-state index in [-0.39, 0.29) is 11.5 Å². The highest BCUT2D eigenvalue weighted by molar-refractivity contribution is 7.08. The number of hydrogen-bond acceptors (Lipinski definition) is 3. The van der Waals surface area contributed by atoms with E-state index in [0.29, 0.717) is 6.54 Å². The van der Waals surface area contributed by atoms with Crippen LogP contribution in [0.5, 0.6) is 0 Å². The average Bonchev–Trinajstić information content (AvgIpc) is 2.78. The molecule has 0 atom stereocenters. The molecule has 0 saturated carbocycles. The van der Waals surface area contributed by atoms with Crippen LogP contribution in [0.3, 0.4) is 0 Å². The summed E-state index contributed by atoms with van der Waals surface area (Å²) in [6.45, 7) is 2.68. The quantitative estimate of drug-likeness (QED) is 0.483. The normalized spacial score (nSPS) is 10.9. The maximum absolute atomic E-state index is 11.6. The summed E-state index contributed by atoms with van der Waals surface area (Å²) >= 11 is 1.54. The highest BCUT2D eigenvalue weighted by Crippen LogP contribution is 2.10. The number of rotatable bonds is 5. The van der Waals surface area contributed by atoms with E-state index in [0.717, 1.165) is 18.4 Å². The van der Waals surface area contributed by atoms with Crippen LogP contribution in [0, 0.1) is 11.3 Å². The first-order valence-corrected chi connectivity index (χ1v) is 6.14. The summed E-state index contributed by atoms with van der Waals surface area (Å²) in [5.74, 6) is -0.290. The summed E-state index contributed by atoms with van der Waals surface area (Å²) in [5, 5.41) is 15.4. The van der Waals surface area contributed by atoms with Crippen LogP contribution in [0.1, 0.15) is 25.3 Å². The molecule has 1 amide bonds. The molecule has 1 rings (SSSR count). The van der Waals surface area contributed by atoms with Crippen LogP contribution in [0.4, 0.5) is 0 Å². The van der Waals surface area contributed by atoms with Crippen LogP contribution in [-0.2, 0) is 4.79 Å². The van der Waals surface area contributed by atoms with Gasteiger partial charge in [0.15, 0.2) is 0 Å². The van der Waals surface area contributed by atoms with Crippen LogP contribution >= 0.6 is 11.3 Å². The molecule has 0 aliphatic carbocycles. The van der Waals surface area contributed by atoms with Gasteiger partial charge in [0.05, 0.1) is 0 Å². The molecule has 0 aromatic carbocycles. The van der Waals surface area contributed by atoms with Gasteiger partial charge in [-0.2, -0.15) is 16.6 Å². The number of unbranched alkanes of at least 4 members (excludes halogenated alkanes) is 1. The van der Waals surface area contributed by atoms with Gasteiger partial charge in [0.25, 0.3) is 5.91 Å². The summed E-state index contributed by atoms with van der Waals surface area (Å²) in [6, 6.07) is 3.80. The topological polar surface area (TPSA) is 52.9 Å². The van der Waals surface area contributed by atoms with E-state index in [9.17, 15) is 4.79 Å². The Morgan fingerprint density at radius 1 is 1.69 bits per heavy atom. The van der Waals surface area contributed by atoms with Crippen LogP contribution in [0.25, 0.3) is 6.08 Å². The van der Waals surface area contributed by atoms with E-state index in [1.165, 1.54) is 11.3 Å². The second kappa shape index (κ2) is 6.81. The number of nitriles is 1. The second-order valence-electron chi connectivity index (χ2n) is 3.34. The van der Waals surface area contributed by atoms with E-state index in [2.05, 4.69) is 12.2 Å². The zero-order chi connectivity index (χ0) is 11.8. The lowest BCUT2D eigenvalue weighted by atomic mass is 10.2. The lowest BCUT2D eigenvalue weighted by Gasteiger charge is -2.01. The first kappa shape index (κ1) is 12.5. The minimum absolute atomic E-state index is 0.162. The molecule has 16 heavy (non-hydrogen) atoms. The molecular formula is C12H14N2OS. The van der Waals surface area contributed by atoms with Crippen molar-refractivity contribution in [2.24, 2.45) is 0 Å². The van der Waals surface area contributed by atoms with Gasteiger partial charge in [-0.3, -0.25) is 4.79 Å². The minimum atomic E-state index is -0.290. The molecule has 0 fully saturated rings. The van der Waals surface area contributed by atoms with E-state index in [1.807, 2.05) is 22.9 Å². The van der Waals surface area contributed by atoms with Gasteiger partial charge in [-0.25, -0.2) is 0 Å². The van der Waals surface area contributed by atoms with Crippen molar-refractivity contribution in [2.75, 3.05) is 6.54 Å². The number of hydrogen-bond donors (Lipinski definition) is 1. The van der Waals surface area contributed by atoms with Crippen LogP contribution in [-0.4, -0.2) is 12.5 Å². The summed E-state index contributed by atoms with van der Waals surface area (Å²) in [7, 11) is 0. The predicted octanol–water partition coefficient (Wildman–Crippen LogP) is 2.57. The fourth-order valence-electron chi connectivity index (χ4n) is 1.15. The first-order valence-electron chi connectivity index (χ1n) is 5.20. The van der Waals surface area contributed by atoms with Crippen molar-refractivity contribution in [3.63, 3.8) is 0 Å². The highest BCUT2D eigenvalue weighted by Gasteiger charge is 2.07. The van der Waals surface area contributed by atoms with Crippen molar-refractivity contribution in [3.8, 4) is 6.07 Å². The fraction of sp³-hybridized carbons (Fsp3) is 0.333. The number of thiophene rings is 1. The van der Waals surface area contributed by atoms with Crippen molar-refractivity contribution in [2.45, 2.75) is 19.8 Å². The number of amides is 1. The van der Waals surface area contributed by atoms with E-state index in [1.54, 1.807) is 6.08 Å². The molecular weight excluding hydrogens is 220 g/mol. The molecule has 0 radical (unpaired) electrons. The summed E-state index contributed by atoms with van der Waals surface area (Å²) < 4.78 is 0. The number of nitrogens with zero attached hydrogens (tertiary/aromatic N) is 1. The molecule has 0 bridgehead atoms. The third-order valence-electron chi connectivity index (χ3n) is 2.04. The Kier molecular flexibility index (Phi) is 5.30. The minimum Gasteiger partial charge on any atom is -0.351 e. The van der Waals surface area contributed by atoms with Crippen molar-refractivity contribution in [1.29, 1.82) is 5.26 Å². The summed E-state index contributed by atoms with van der Waals surface area (Å²) in [4.78, 5) is 11.6. The summed E-state index contributed by atoms with van der Waals surface area (Å²) in [6.07, 6.45) is 3.57. The Bertz CT molecular complexity index is 401. The molecule has 0 aliphatic heterocycles. The van der Waals surface area contributed by atoms with Gasteiger partial charge >= 0.3 is 0 Å². The number of carbonyl (C=O) groups excluding carboxylic acids is 1. The Labute approximate surface area is 99.4 Å². The third-order valence-corrected chi connectivity index (χ3v) is 2.74. The lowest BCUT2D eigenvalue weighted by Crippen LogP contribution is -2.25. The molecule has 1 N–H and O–H groups in total. The lowest BCUT2D eigenvalue weighted by molar-refractivity contribution is -0.117. The maximum atomic E-state index is 11.6. The van der Waals surface area contributed by atoms with Gasteiger partial charge in [-0.05, 0) is 34.9 Å². The largest absolute Gasteiger partial charge is 0.351 e. The van der Waals surface area contributed by atoms with Gasteiger partial charge in [0.2, 0.25) is 0 Å².